The summed E-state index contributed by atoms with van der Waals surface area (Å²) in [6, 6.07) is 12.3. The van der Waals surface area contributed by atoms with Gasteiger partial charge in [-0.3, -0.25) is 19.3 Å². The highest BCUT2D eigenvalue weighted by molar-refractivity contribution is 6.00. The van der Waals surface area contributed by atoms with E-state index in [-0.39, 0.29) is 25.5 Å². The first-order chi connectivity index (χ1) is 14.4. The van der Waals surface area contributed by atoms with Crippen molar-refractivity contribution >= 4 is 29.2 Å². The van der Waals surface area contributed by atoms with E-state index >= 15 is 0 Å². The Morgan fingerprint density at radius 1 is 1.23 bits per heavy atom. The maximum Gasteiger partial charge on any atom is 0.326 e. The number of amides is 2. The predicted octanol–water partition coefficient (Wildman–Crippen LogP) is 2.69. The first kappa shape index (κ1) is 21.2. The second-order valence-electron chi connectivity index (χ2n) is 6.87. The number of hydrogen-bond acceptors (Lipinski definition) is 6. The van der Waals surface area contributed by atoms with E-state index < -0.39 is 18.0 Å². The minimum atomic E-state index is -1.06. The Morgan fingerprint density at radius 2 is 2.00 bits per heavy atom. The Morgan fingerprint density at radius 3 is 2.77 bits per heavy atom. The quantitative estimate of drug-likeness (QED) is 0.733. The lowest BCUT2D eigenvalue weighted by Crippen LogP contribution is -2.39. The standard InChI is InChI=1S/C22H24N2O6/c1-14-8-9-18(28-3)16(12-14)23-22(27)15(2)30-21(26)13-24-17-6-4-5-7-19(17)29-11-10-20(24)25/h4-9,12,15H,10-11,13H2,1-3H3,(H,23,27)/t15-/m0/s1. The van der Waals surface area contributed by atoms with Crippen LogP contribution in [0.4, 0.5) is 11.4 Å². The van der Waals surface area contributed by atoms with Gasteiger partial charge in [-0.15, -0.1) is 0 Å². The molecule has 2 aromatic carbocycles. The van der Waals surface area contributed by atoms with Crippen molar-refractivity contribution in [3.05, 3.63) is 48.0 Å². The highest BCUT2D eigenvalue weighted by atomic mass is 16.5. The topological polar surface area (TPSA) is 94.2 Å². The number of anilines is 2. The molecule has 158 valence electrons. The molecule has 0 radical (unpaired) electrons. The third kappa shape index (κ3) is 4.89. The molecule has 2 amide bonds. The maximum absolute atomic E-state index is 12.5. The molecular weight excluding hydrogens is 388 g/mol. The first-order valence-corrected chi connectivity index (χ1v) is 9.56. The zero-order valence-electron chi connectivity index (χ0n) is 17.1. The van der Waals surface area contributed by atoms with Crippen molar-refractivity contribution in [1.82, 2.24) is 0 Å². The van der Waals surface area contributed by atoms with Gasteiger partial charge in [0.1, 0.15) is 18.0 Å². The lowest BCUT2D eigenvalue weighted by molar-refractivity contribution is -0.152. The fourth-order valence-electron chi connectivity index (χ4n) is 3.06. The average Bonchev–Trinajstić information content (AvgIpc) is 2.87. The number of carbonyl (C=O) groups is 3. The van der Waals surface area contributed by atoms with Crippen LogP contribution >= 0.6 is 0 Å². The van der Waals surface area contributed by atoms with E-state index in [2.05, 4.69) is 5.32 Å². The van der Waals surface area contributed by atoms with Crippen LogP contribution in [-0.2, 0) is 19.1 Å². The van der Waals surface area contributed by atoms with E-state index in [0.29, 0.717) is 22.9 Å². The molecule has 0 spiro atoms. The molecule has 1 N–H and O–H groups in total. The van der Waals surface area contributed by atoms with Crippen LogP contribution in [0.2, 0.25) is 0 Å². The lowest BCUT2D eigenvalue weighted by Gasteiger charge is -2.22. The number of nitrogens with zero attached hydrogens (tertiary/aromatic N) is 1. The average molecular weight is 412 g/mol. The molecule has 3 rings (SSSR count). The molecule has 0 bridgehead atoms. The summed E-state index contributed by atoms with van der Waals surface area (Å²) in [6.07, 6.45) is -0.915. The fraction of sp³-hybridized carbons (Fsp3) is 0.318. The molecule has 0 saturated heterocycles. The summed E-state index contributed by atoms with van der Waals surface area (Å²) in [7, 11) is 1.50. The molecule has 1 atom stereocenters. The van der Waals surface area contributed by atoms with Crippen LogP contribution in [0.25, 0.3) is 0 Å². The highest BCUT2D eigenvalue weighted by Gasteiger charge is 2.27. The van der Waals surface area contributed by atoms with Gasteiger partial charge < -0.3 is 19.5 Å². The molecule has 0 unspecified atom stereocenters. The van der Waals surface area contributed by atoms with Crippen molar-refractivity contribution in [2.45, 2.75) is 26.4 Å². The summed E-state index contributed by atoms with van der Waals surface area (Å²) in [6.45, 7) is 3.28. The van der Waals surface area contributed by atoms with Crippen LogP contribution in [0.3, 0.4) is 0 Å². The number of carbonyl (C=O) groups excluding carboxylic acids is 3. The van der Waals surface area contributed by atoms with E-state index in [1.54, 1.807) is 36.4 Å². The molecule has 1 aliphatic heterocycles. The SMILES string of the molecule is COc1ccc(C)cc1NC(=O)[C@H](C)OC(=O)CN1C(=O)CCOc2ccccc21. The van der Waals surface area contributed by atoms with Crippen molar-refractivity contribution < 1.29 is 28.6 Å². The predicted molar refractivity (Wildman–Crippen MR) is 111 cm³/mol. The number of esters is 1. The monoisotopic (exact) mass is 412 g/mol. The Bertz CT molecular complexity index is 958. The van der Waals surface area contributed by atoms with Crippen molar-refractivity contribution in [3.8, 4) is 11.5 Å². The Kier molecular flexibility index (Phi) is 6.56. The minimum Gasteiger partial charge on any atom is -0.495 e. The van der Waals surface area contributed by atoms with E-state index in [1.165, 1.54) is 18.9 Å². The van der Waals surface area contributed by atoms with Crippen molar-refractivity contribution in [1.29, 1.82) is 0 Å². The molecule has 0 aliphatic carbocycles. The highest BCUT2D eigenvalue weighted by Crippen LogP contribution is 2.31. The summed E-state index contributed by atoms with van der Waals surface area (Å²) in [4.78, 5) is 38.7. The number of aryl methyl sites for hydroxylation is 1. The largest absolute Gasteiger partial charge is 0.495 e. The number of nitrogens with one attached hydrogen (secondary N) is 1. The van der Waals surface area contributed by atoms with Crippen molar-refractivity contribution in [3.63, 3.8) is 0 Å². The lowest BCUT2D eigenvalue weighted by atomic mass is 10.2. The molecular formula is C22H24N2O6. The summed E-state index contributed by atoms with van der Waals surface area (Å²) < 4.78 is 16.1. The zero-order chi connectivity index (χ0) is 21.7. The molecule has 0 saturated carbocycles. The number of rotatable bonds is 6. The molecule has 30 heavy (non-hydrogen) atoms. The van der Waals surface area contributed by atoms with Crippen LogP contribution in [0.5, 0.6) is 11.5 Å². The van der Waals surface area contributed by atoms with Crippen LogP contribution in [0, 0.1) is 6.92 Å². The molecule has 8 heteroatoms. The van der Waals surface area contributed by atoms with Gasteiger partial charge in [-0.25, -0.2) is 0 Å². The van der Waals surface area contributed by atoms with Gasteiger partial charge in [-0.05, 0) is 43.7 Å². The third-order valence-corrected chi connectivity index (χ3v) is 4.61. The zero-order valence-corrected chi connectivity index (χ0v) is 17.1. The van der Waals surface area contributed by atoms with Gasteiger partial charge in [0, 0.05) is 0 Å². The van der Waals surface area contributed by atoms with Gasteiger partial charge >= 0.3 is 5.97 Å². The van der Waals surface area contributed by atoms with Crippen LogP contribution in [-0.4, -0.2) is 44.1 Å². The molecule has 1 heterocycles. The van der Waals surface area contributed by atoms with Gasteiger partial charge in [-0.2, -0.15) is 0 Å². The van der Waals surface area contributed by atoms with E-state index in [9.17, 15) is 14.4 Å². The summed E-state index contributed by atoms with van der Waals surface area (Å²) >= 11 is 0. The minimum absolute atomic E-state index is 0.144. The van der Waals surface area contributed by atoms with Crippen LogP contribution in [0.15, 0.2) is 42.5 Å². The molecule has 1 aliphatic rings. The third-order valence-electron chi connectivity index (χ3n) is 4.61. The molecule has 0 aromatic heterocycles. The summed E-state index contributed by atoms with van der Waals surface area (Å²) in [5.74, 6) is -0.427. The second kappa shape index (κ2) is 9.30. The molecule has 2 aromatic rings. The van der Waals surface area contributed by atoms with E-state index in [1.807, 2.05) is 13.0 Å². The normalized spacial score (nSPS) is 14.1. The number of fused-ring (bicyclic) bond motifs is 1. The van der Waals surface area contributed by atoms with Gasteiger partial charge in [0.2, 0.25) is 5.91 Å². The Labute approximate surface area is 174 Å². The smallest absolute Gasteiger partial charge is 0.326 e. The molecule has 0 fully saturated rings. The van der Waals surface area contributed by atoms with Crippen LogP contribution < -0.4 is 19.7 Å². The maximum atomic E-state index is 12.5. The van der Waals surface area contributed by atoms with Gasteiger partial charge in [-0.1, -0.05) is 18.2 Å². The van der Waals surface area contributed by atoms with Crippen molar-refractivity contribution in [2.75, 3.05) is 30.5 Å². The first-order valence-electron chi connectivity index (χ1n) is 9.56. The number of methoxy groups -OCH3 is 1. The number of hydrogen-bond donors (Lipinski definition) is 1. The Hall–Kier alpha value is -3.55. The van der Waals surface area contributed by atoms with E-state index in [0.717, 1.165) is 5.56 Å². The number of para-hydroxylation sites is 2. The number of benzene rings is 2. The van der Waals surface area contributed by atoms with Gasteiger partial charge in [0.25, 0.3) is 5.91 Å². The van der Waals surface area contributed by atoms with E-state index in [4.69, 9.17) is 14.2 Å². The fourth-order valence-corrected chi connectivity index (χ4v) is 3.06. The Balaban J connectivity index is 1.65. The summed E-state index contributed by atoms with van der Waals surface area (Å²) in [5, 5.41) is 2.70. The second-order valence-corrected chi connectivity index (χ2v) is 6.87. The van der Waals surface area contributed by atoms with Crippen molar-refractivity contribution in [2.24, 2.45) is 0 Å². The van der Waals surface area contributed by atoms with Gasteiger partial charge in [0.15, 0.2) is 6.10 Å². The van der Waals surface area contributed by atoms with Gasteiger partial charge in [0.05, 0.1) is 31.5 Å². The molecule has 8 nitrogen and oxygen atoms in total. The summed E-state index contributed by atoms with van der Waals surface area (Å²) in [5.41, 5.74) is 1.93. The van der Waals surface area contributed by atoms with Crippen LogP contribution in [0.1, 0.15) is 18.9 Å². The number of ether oxygens (including phenoxy) is 3.